The first-order chi connectivity index (χ1) is 10.0. The normalized spacial score (nSPS) is 20.8. The Labute approximate surface area is 122 Å². The molecule has 1 aliphatic heterocycles. The van der Waals surface area contributed by atoms with Crippen LogP contribution in [0.15, 0.2) is 18.3 Å². The Bertz CT molecular complexity index is 477. The zero-order valence-electron chi connectivity index (χ0n) is 11.9. The van der Waals surface area contributed by atoms with E-state index in [4.69, 9.17) is 0 Å². The first-order valence-electron chi connectivity index (χ1n) is 7.54. The zero-order valence-corrected chi connectivity index (χ0v) is 11.9. The minimum atomic E-state index is -4.37. The Hall–Kier alpha value is -1.30. The van der Waals surface area contributed by atoms with Crippen LogP contribution in [0, 0.1) is 5.92 Å². The molecule has 3 rings (SSSR count). The number of nitrogens with one attached hydrogen (secondary N) is 1. The van der Waals surface area contributed by atoms with Crippen molar-refractivity contribution in [1.82, 2.24) is 10.3 Å². The molecule has 1 saturated carbocycles. The summed E-state index contributed by atoms with van der Waals surface area (Å²) in [7, 11) is 0. The molecule has 0 aromatic carbocycles. The first-order valence-corrected chi connectivity index (χ1v) is 7.54. The lowest BCUT2D eigenvalue weighted by atomic mass is 10.0. The van der Waals surface area contributed by atoms with Crippen molar-refractivity contribution in [2.24, 2.45) is 5.92 Å². The topological polar surface area (TPSA) is 28.2 Å². The molecule has 116 valence electrons. The fourth-order valence-electron chi connectivity index (χ4n) is 2.77. The molecule has 1 saturated heterocycles. The second kappa shape index (κ2) is 5.83. The maximum Gasteiger partial charge on any atom is 0.433 e. The van der Waals surface area contributed by atoms with Gasteiger partial charge in [0.25, 0.3) is 0 Å². The summed E-state index contributed by atoms with van der Waals surface area (Å²) in [4.78, 5) is 5.43. The maximum atomic E-state index is 12.7. The zero-order chi connectivity index (χ0) is 14.9. The minimum Gasteiger partial charge on any atom is -0.371 e. The summed E-state index contributed by atoms with van der Waals surface area (Å²) in [6, 6.07) is 3.32. The molecule has 1 N–H and O–H groups in total. The van der Waals surface area contributed by atoms with E-state index in [9.17, 15) is 13.2 Å². The van der Waals surface area contributed by atoms with E-state index in [1.807, 2.05) is 4.90 Å². The van der Waals surface area contributed by atoms with Gasteiger partial charge in [-0.2, -0.15) is 13.2 Å². The molecule has 0 amide bonds. The third-order valence-electron chi connectivity index (χ3n) is 4.29. The molecule has 2 fully saturated rings. The summed E-state index contributed by atoms with van der Waals surface area (Å²) in [5.41, 5.74) is -0.188. The van der Waals surface area contributed by atoms with E-state index < -0.39 is 11.9 Å². The number of nitrogens with zero attached hydrogens (tertiary/aromatic N) is 2. The summed E-state index contributed by atoms with van der Waals surface area (Å²) in [5, 5.41) is 3.57. The molecule has 1 aromatic heterocycles. The fraction of sp³-hybridized carbons (Fsp3) is 0.667. The number of rotatable bonds is 4. The molecule has 1 aliphatic carbocycles. The summed E-state index contributed by atoms with van der Waals surface area (Å²) in [6.07, 6.45) is 1.51. The van der Waals surface area contributed by atoms with Gasteiger partial charge >= 0.3 is 6.18 Å². The van der Waals surface area contributed by atoms with Crippen molar-refractivity contribution in [1.29, 1.82) is 0 Å². The summed E-state index contributed by atoms with van der Waals surface area (Å²) >= 11 is 0. The van der Waals surface area contributed by atoms with Gasteiger partial charge in [0.15, 0.2) is 0 Å². The molecule has 0 spiro atoms. The van der Waals surface area contributed by atoms with Gasteiger partial charge in [-0.15, -0.1) is 0 Å². The van der Waals surface area contributed by atoms with Crippen molar-refractivity contribution in [3.8, 4) is 0 Å². The van der Waals surface area contributed by atoms with Crippen LogP contribution in [0.25, 0.3) is 0 Å². The third kappa shape index (κ3) is 3.87. The predicted molar refractivity (Wildman–Crippen MR) is 75.2 cm³/mol. The molecule has 6 heteroatoms. The Morgan fingerprint density at radius 2 is 1.90 bits per heavy atom. The highest BCUT2D eigenvalue weighted by molar-refractivity contribution is 5.47. The van der Waals surface area contributed by atoms with Gasteiger partial charge in [-0.1, -0.05) is 0 Å². The van der Waals surface area contributed by atoms with Gasteiger partial charge < -0.3 is 10.2 Å². The lowest BCUT2D eigenvalue weighted by molar-refractivity contribution is -0.141. The largest absolute Gasteiger partial charge is 0.433 e. The molecular formula is C15H20F3N3. The number of anilines is 1. The Morgan fingerprint density at radius 3 is 2.52 bits per heavy atom. The molecule has 3 nitrogen and oxygen atoms in total. The lowest BCUT2D eigenvalue weighted by Gasteiger charge is -2.34. The Morgan fingerprint density at radius 1 is 1.19 bits per heavy atom. The molecule has 0 unspecified atom stereocenters. The molecule has 0 radical (unpaired) electrons. The lowest BCUT2D eigenvalue weighted by Crippen LogP contribution is -2.43. The number of hydrogen-bond acceptors (Lipinski definition) is 3. The van der Waals surface area contributed by atoms with E-state index in [-0.39, 0.29) is 0 Å². The van der Waals surface area contributed by atoms with Crippen LogP contribution >= 0.6 is 0 Å². The smallest absolute Gasteiger partial charge is 0.371 e. The van der Waals surface area contributed by atoms with Crippen LogP contribution in [0.2, 0.25) is 0 Å². The van der Waals surface area contributed by atoms with Gasteiger partial charge in [-0.25, -0.2) is 0 Å². The number of hydrogen-bond donors (Lipinski definition) is 1. The molecule has 0 atom stereocenters. The van der Waals surface area contributed by atoms with Gasteiger partial charge in [0.05, 0.1) is 0 Å². The Kier molecular flexibility index (Phi) is 4.06. The van der Waals surface area contributed by atoms with Crippen LogP contribution in [0.4, 0.5) is 18.9 Å². The molecule has 1 aromatic rings. The molecular weight excluding hydrogens is 279 g/mol. The van der Waals surface area contributed by atoms with E-state index in [2.05, 4.69) is 10.3 Å². The average molecular weight is 299 g/mol. The van der Waals surface area contributed by atoms with Crippen molar-refractivity contribution in [3.05, 3.63) is 24.0 Å². The molecule has 2 aliphatic rings. The van der Waals surface area contributed by atoms with Crippen LogP contribution in [0.3, 0.4) is 0 Å². The highest BCUT2D eigenvalue weighted by atomic mass is 19.4. The average Bonchev–Trinajstić information content (AvgIpc) is 3.29. The van der Waals surface area contributed by atoms with Crippen LogP contribution < -0.4 is 10.2 Å². The molecule has 21 heavy (non-hydrogen) atoms. The van der Waals surface area contributed by atoms with Gasteiger partial charge in [0.1, 0.15) is 5.69 Å². The summed E-state index contributed by atoms with van der Waals surface area (Å²) < 4.78 is 38.1. The summed E-state index contributed by atoms with van der Waals surface area (Å²) in [6.45, 7) is 2.69. The summed E-state index contributed by atoms with van der Waals surface area (Å²) in [5.74, 6) is 0.859. The monoisotopic (exact) mass is 299 g/mol. The number of aromatic nitrogens is 1. The van der Waals surface area contributed by atoms with Crippen molar-refractivity contribution in [2.45, 2.75) is 37.9 Å². The first kappa shape index (κ1) is 14.6. The highest BCUT2D eigenvalue weighted by Gasteiger charge is 2.33. The molecule has 2 heterocycles. The van der Waals surface area contributed by atoms with Gasteiger partial charge in [0.2, 0.25) is 0 Å². The van der Waals surface area contributed by atoms with E-state index >= 15 is 0 Å². The van der Waals surface area contributed by atoms with Crippen molar-refractivity contribution >= 4 is 5.69 Å². The van der Waals surface area contributed by atoms with E-state index in [0.29, 0.717) is 11.7 Å². The number of halogens is 3. The number of alkyl halides is 3. The van der Waals surface area contributed by atoms with Crippen LogP contribution in [0.1, 0.15) is 31.4 Å². The number of pyridine rings is 1. The van der Waals surface area contributed by atoms with Crippen LogP contribution in [0.5, 0.6) is 0 Å². The standard InChI is InChI=1S/C15H20F3N3/c16-15(17,18)14-9-13(3-6-19-14)21-7-4-12(5-8-21)20-10-11-1-2-11/h3,6,9,11-12,20H,1-2,4-5,7-8,10H2. The van der Waals surface area contributed by atoms with E-state index in [1.165, 1.54) is 19.0 Å². The van der Waals surface area contributed by atoms with E-state index in [1.54, 1.807) is 6.07 Å². The quantitative estimate of drug-likeness (QED) is 0.926. The second-order valence-electron chi connectivity index (χ2n) is 6.01. The van der Waals surface area contributed by atoms with Gasteiger partial charge in [-0.3, -0.25) is 4.98 Å². The predicted octanol–water partition coefficient (Wildman–Crippen LogP) is 3.07. The van der Waals surface area contributed by atoms with Crippen molar-refractivity contribution in [3.63, 3.8) is 0 Å². The fourth-order valence-corrected chi connectivity index (χ4v) is 2.77. The SMILES string of the molecule is FC(F)(F)c1cc(N2CCC(NCC3CC3)CC2)ccn1. The third-order valence-corrected chi connectivity index (χ3v) is 4.29. The van der Waals surface area contributed by atoms with Crippen molar-refractivity contribution < 1.29 is 13.2 Å². The van der Waals surface area contributed by atoms with Crippen molar-refractivity contribution in [2.75, 3.05) is 24.5 Å². The van der Waals surface area contributed by atoms with Crippen LogP contribution in [-0.4, -0.2) is 30.7 Å². The number of piperidine rings is 1. The highest BCUT2D eigenvalue weighted by Crippen LogP contribution is 2.31. The van der Waals surface area contributed by atoms with Gasteiger partial charge in [-0.05, 0) is 50.3 Å². The minimum absolute atomic E-state index is 0.505. The maximum absolute atomic E-state index is 12.7. The molecule has 0 bridgehead atoms. The second-order valence-corrected chi connectivity index (χ2v) is 6.01. The Balaban J connectivity index is 1.56. The van der Waals surface area contributed by atoms with Gasteiger partial charge in [0, 0.05) is 31.0 Å². The van der Waals surface area contributed by atoms with Crippen LogP contribution in [-0.2, 0) is 6.18 Å². The van der Waals surface area contributed by atoms with E-state index in [0.717, 1.165) is 44.5 Å².